The maximum absolute atomic E-state index is 3.91. The fourth-order valence-corrected chi connectivity index (χ4v) is 0.857. The van der Waals surface area contributed by atoms with Gasteiger partial charge >= 0.3 is 0 Å². The van der Waals surface area contributed by atoms with Gasteiger partial charge in [0.25, 0.3) is 0 Å². The Labute approximate surface area is 61.3 Å². The third-order valence-corrected chi connectivity index (χ3v) is 1.39. The number of rotatable bonds is 1. The molecule has 1 unspecified atom stereocenters. The van der Waals surface area contributed by atoms with Crippen LogP contribution in [0, 0.1) is 0 Å². The summed E-state index contributed by atoms with van der Waals surface area (Å²) in [4.78, 5) is 0. The second kappa shape index (κ2) is 2.69. The SMILES string of the molecule is C=C(C)/C=C1/C=NNC1C. The average Bonchev–Trinajstić information content (AvgIpc) is 2.15. The maximum atomic E-state index is 3.91. The van der Waals surface area contributed by atoms with Crippen molar-refractivity contribution >= 4 is 6.21 Å². The van der Waals surface area contributed by atoms with Crippen LogP contribution in [0.4, 0.5) is 0 Å². The van der Waals surface area contributed by atoms with E-state index >= 15 is 0 Å². The highest BCUT2D eigenvalue weighted by Crippen LogP contribution is 2.07. The molecule has 0 saturated heterocycles. The molecule has 1 aliphatic rings. The minimum absolute atomic E-state index is 0.344. The molecule has 10 heavy (non-hydrogen) atoms. The summed E-state index contributed by atoms with van der Waals surface area (Å²) in [6.07, 6.45) is 3.87. The van der Waals surface area contributed by atoms with Crippen molar-refractivity contribution in [2.75, 3.05) is 0 Å². The van der Waals surface area contributed by atoms with Crippen LogP contribution in [0.25, 0.3) is 0 Å². The number of nitrogens with zero attached hydrogens (tertiary/aromatic N) is 1. The van der Waals surface area contributed by atoms with Gasteiger partial charge in [-0.25, -0.2) is 0 Å². The van der Waals surface area contributed by atoms with E-state index in [1.165, 1.54) is 5.57 Å². The van der Waals surface area contributed by atoms with Gasteiger partial charge in [-0.05, 0) is 19.4 Å². The summed E-state index contributed by atoms with van der Waals surface area (Å²) in [6.45, 7) is 7.84. The summed E-state index contributed by atoms with van der Waals surface area (Å²) in [7, 11) is 0. The first kappa shape index (κ1) is 7.06. The van der Waals surface area contributed by atoms with Gasteiger partial charge in [-0.2, -0.15) is 5.10 Å². The molecule has 0 radical (unpaired) electrons. The van der Waals surface area contributed by atoms with Crippen LogP contribution in [0.15, 0.2) is 28.9 Å². The number of hydrogen-bond acceptors (Lipinski definition) is 2. The fourth-order valence-electron chi connectivity index (χ4n) is 0.857. The molecule has 0 spiro atoms. The quantitative estimate of drug-likeness (QED) is 0.580. The number of hydrogen-bond donors (Lipinski definition) is 1. The van der Waals surface area contributed by atoms with Crippen molar-refractivity contribution in [3.8, 4) is 0 Å². The molecule has 0 bridgehead atoms. The van der Waals surface area contributed by atoms with Crippen molar-refractivity contribution < 1.29 is 0 Å². The van der Waals surface area contributed by atoms with Crippen molar-refractivity contribution in [3.63, 3.8) is 0 Å². The zero-order chi connectivity index (χ0) is 7.56. The standard InChI is InChI=1S/C8H12N2/c1-6(2)4-8-5-9-10-7(8)3/h4-5,7,10H,1H2,2-3H3/b8-4-. The zero-order valence-corrected chi connectivity index (χ0v) is 6.39. The smallest absolute Gasteiger partial charge is 0.0677 e. The van der Waals surface area contributed by atoms with E-state index in [9.17, 15) is 0 Å². The molecule has 2 nitrogen and oxygen atoms in total. The number of hydrazone groups is 1. The van der Waals surface area contributed by atoms with Gasteiger partial charge < -0.3 is 5.43 Å². The number of allylic oxidation sites excluding steroid dienone is 2. The highest BCUT2D eigenvalue weighted by Gasteiger charge is 2.09. The van der Waals surface area contributed by atoms with E-state index in [0.717, 1.165) is 5.57 Å². The lowest BCUT2D eigenvalue weighted by Gasteiger charge is -2.02. The Hall–Kier alpha value is -1.05. The summed E-state index contributed by atoms with van der Waals surface area (Å²) in [5.41, 5.74) is 5.20. The molecule has 0 aliphatic carbocycles. The number of nitrogens with one attached hydrogen (secondary N) is 1. The van der Waals surface area contributed by atoms with Gasteiger partial charge in [-0.3, -0.25) is 0 Å². The third-order valence-electron chi connectivity index (χ3n) is 1.39. The fraction of sp³-hybridized carbons (Fsp3) is 0.375. The zero-order valence-electron chi connectivity index (χ0n) is 6.39. The van der Waals surface area contributed by atoms with E-state index < -0.39 is 0 Å². The predicted molar refractivity (Wildman–Crippen MR) is 44.0 cm³/mol. The molecule has 1 atom stereocenters. The van der Waals surface area contributed by atoms with Gasteiger partial charge in [0.05, 0.1) is 12.3 Å². The van der Waals surface area contributed by atoms with E-state index in [0.29, 0.717) is 6.04 Å². The van der Waals surface area contributed by atoms with Crippen LogP contribution in [0.5, 0.6) is 0 Å². The van der Waals surface area contributed by atoms with E-state index in [1.54, 1.807) is 0 Å². The van der Waals surface area contributed by atoms with Crippen LogP contribution in [0.3, 0.4) is 0 Å². The summed E-state index contributed by atoms with van der Waals surface area (Å²) in [5, 5.41) is 3.91. The molecular weight excluding hydrogens is 124 g/mol. The van der Waals surface area contributed by atoms with Crippen LogP contribution >= 0.6 is 0 Å². The Bertz CT molecular complexity index is 201. The first-order valence-corrected chi connectivity index (χ1v) is 3.36. The molecule has 0 aromatic rings. The first-order chi connectivity index (χ1) is 4.70. The molecule has 0 fully saturated rings. The molecule has 2 heteroatoms. The van der Waals surface area contributed by atoms with Gasteiger partial charge in [0.2, 0.25) is 0 Å². The molecule has 1 N–H and O–H groups in total. The highest BCUT2D eigenvalue weighted by atomic mass is 15.3. The second-order valence-electron chi connectivity index (χ2n) is 2.60. The lowest BCUT2D eigenvalue weighted by molar-refractivity contribution is 0.692. The predicted octanol–water partition coefficient (Wildman–Crippen LogP) is 1.47. The Morgan fingerprint density at radius 2 is 2.60 bits per heavy atom. The summed E-state index contributed by atoms with van der Waals surface area (Å²) >= 11 is 0. The molecule has 1 aliphatic heterocycles. The van der Waals surface area contributed by atoms with Crippen LogP contribution in [0.2, 0.25) is 0 Å². The second-order valence-corrected chi connectivity index (χ2v) is 2.60. The molecule has 54 valence electrons. The van der Waals surface area contributed by atoms with Crippen LogP contribution in [-0.4, -0.2) is 12.3 Å². The Morgan fingerprint density at radius 3 is 3.00 bits per heavy atom. The van der Waals surface area contributed by atoms with Crippen LogP contribution in [0.1, 0.15) is 13.8 Å². The maximum Gasteiger partial charge on any atom is 0.0677 e. The van der Waals surface area contributed by atoms with Crippen molar-refractivity contribution in [1.82, 2.24) is 5.43 Å². The molecule has 1 rings (SSSR count). The van der Waals surface area contributed by atoms with Crippen LogP contribution in [-0.2, 0) is 0 Å². The third kappa shape index (κ3) is 1.47. The summed E-state index contributed by atoms with van der Waals surface area (Å²) in [6, 6.07) is 0.344. The largest absolute Gasteiger partial charge is 0.303 e. The van der Waals surface area contributed by atoms with Gasteiger partial charge in [0, 0.05) is 0 Å². The van der Waals surface area contributed by atoms with Crippen molar-refractivity contribution in [2.24, 2.45) is 5.10 Å². The Morgan fingerprint density at radius 1 is 1.90 bits per heavy atom. The summed E-state index contributed by atoms with van der Waals surface area (Å²) in [5.74, 6) is 0. The minimum Gasteiger partial charge on any atom is -0.303 e. The molecule has 0 saturated carbocycles. The minimum atomic E-state index is 0.344. The first-order valence-electron chi connectivity index (χ1n) is 3.36. The Kier molecular flexibility index (Phi) is 1.90. The topological polar surface area (TPSA) is 24.4 Å². The lowest BCUT2D eigenvalue weighted by atomic mass is 10.1. The molecule has 1 heterocycles. The average molecular weight is 136 g/mol. The van der Waals surface area contributed by atoms with Crippen molar-refractivity contribution in [2.45, 2.75) is 19.9 Å². The van der Waals surface area contributed by atoms with Crippen LogP contribution < -0.4 is 5.43 Å². The van der Waals surface area contributed by atoms with E-state index in [-0.39, 0.29) is 0 Å². The van der Waals surface area contributed by atoms with E-state index in [2.05, 4.69) is 24.0 Å². The lowest BCUT2D eigenvalue weighted by Crippen LogP contribution is -2.15. The van der Waals surface area contributed by atoms with E-state index in [1.807, 2.05) is 19.2 Å². The van der Waals surface area contributed by atoms with E-state index in [4.69, 9.17) is 0 Å². The Balaban J connectivity index is 2.71. The monoisotopic (exact) mass is 136 g/mol. The highest BCUT2D eigenvalue weighted by molar-refractivity contribution is 5.82. The molecular formula is C8H12N2. The van der Waals surface area contributed by atoms with Crippen molar-refractivity contribution in [3.05, 3.63) is 23.8 Å². The van der Waals surface area contributed by atoms with Gasteiger partial charge in [-0.15, -0.1) is 0 Å². The van der Waals surface area contributed by atoms with Crippen molar-refractivity contribution in [1.29, 1.82) is 0 Å². The van der Waals surface area contributed by atoms with Gasteiger partial charge in [0.15, 0.2) is 0 Å². The molecule has 0 aromatic carbocycles. The summed E-state index contributed by atoms with van der Waals surface area (Å²) < 4.78 is 0. The van der Waals surface area contributed by atoms with Gasteiger partial charge in [-0.1, -0.05) is 18.2 Å². The molecule has 0 amide bonds. The molecule has 0 aromatic heterocycles. The van der Waals surface area contributed by atoms with Gasteiger partial charge in [0.1, 0.15) is 0 Å². The normalized spacial score (nSPS) is 27.0.